The minimum absolute atomic E-state index is 0.0574. The number of hydrogen-bond acceptors (Lipinski definition) is 4. The van der Waals surface area contributed by atoms with Gasteiger partial charge in [0.15, 0.2) is 10.7 Å². The molecule has 4 rings (SSSR count). The van der Waals surface area contributed by atoms with E-state index in [4.69, 9.17) is 9.73 Å². The highest BCUT2D eigenvalue weighted by molar-refractivity contribution is 8.13. The predicted molar refractivity (Wildman–Crippen MR) is 105 cm³/mol. The Kier molecular flexibility index (Phi) is 4.27. The molecule has 1 spiro atoms. The van der Waals surface area contributed by atoms with Gasteiger partial charge >= 0.3 is 0 Å². The Morgan fingerprint density at radius 2 is 1.85 bits per heavy atom. The van der Waals surface area contributed by atoms with Crippen LogP contribution in [0.2, 0.25) is 0 Å². The summed E-state index contributed by atoms with van der Waals surface area (Å²) in [5, 5.41) is 3.69. The van der Waals surface area contributed by atoms with Crippen molar-refractivity contribution in [2.45, 2.75) is 37.8 Å². The van der Waals surface area contributed by atoms with Gasteiger partial charge < -0.3 is 10.1 Å². The van der Waals surface area contributed by atoms with Gasteiger partial charge in [-0.3, -0.25) is 4.79 Å². The summed E-state index contributed by atoms with van der Waals surface area (Å²) in [6.07, 6.45) is 1.25. The summed E-state index contributed by atoms with van der Waals surface area (Å²) < 4.78 is 6.53. The Morgan fingerprint density at radius 1 is 1.12 bits per heavy atom. The van der Waals surface area contributed by atoms with E-state index in [0.29, 0.717) is 11.6 Å². The van der Waals surface area contributed by atoms with Crippen molar-refractivity contribution in [3.63, 3.8) is 0 Å². The average molecular weight is 366 g/mol. The van der Waals surface area contributed by atoms with Gasteiger partial charge in [0.1, 0.15) is 11.4 Å². The molecule has 0 saturated carbocycles. The molecule has 2 aliphatic rings. The van der Waals surface area contributed by atoms with Crippen molar-refractivity contribution in [2.24, 2.45) is 4.99 Å². The molecule has 1 N–H and O–H groups in total. The van der Waals surface area contributed by atoms with Crippen molar-refractivity contribution >= 4 is 22.8 Å². The van der Waals surface area contributed by atoms with E-state index in [1.165, 1.54) is 0 Å². The minimum atomic E-state index is -0.932. The SMILES string of the molecule is CCSC1=NC2(CC(CC)(c3ccccc3)Oc3ccccc32)C(=O)N1. The van der Waals surface area contributed by atoms with Crippen LogP contribution >= 0.6 is 11.8 Å². The molecule has 2 unspecified atom stereocenters. The Labute approximate surface area is 158 Å². The summed E-state index contributed by atoms with van der Waals surface area (Å²) in [6.45, 7) is 4.16. The van der Waals surface area contributed by atoms with Gasteiger partial charge in [-0.25, -0.2) is 4.99 Å². The predicted octanol–water partition coefficient (Wildman–Crippen LogP) is 4.21. The maximum Gasteiger partial charge on any atom is 0.258 e. The highest BCUT2D eigenvalue weighted by Crippen LogP contribution is 2.52. The molecule has 26 heavy (non-hydrogen) atoms. The zero-order valence-electron chi connectivity index (χ0n) is 15.0. The van der Waals surface area contributed by atoms with Gasteiger partial charge in [-0.15, -0.1) is 0 Å². The summed E-state index contributed by atoms with van der Waals surface area (Å²) in [5.74, 6) is 1.55. The first-order valence-electron chi connectivity index (χ1n) is 9.02. The number of amidine groups is 1. The maximum absolute atomic E-state index is 13.1. The zero-order valence-corrected chi connectivity index (χ0v) is 15.8. The van der Waals surface area contributed by atoms with Crippen molar-refractivity contribution in [1.82, 2.24) is 5.32 Å². The highest BCUT2D eigenvalue weighted by Gasteiger charge is 2.56. The molecular formula is C21H22N2O2S. The molecule has 2 aromatic carbocycles. The molecule has 2 heterocycles. The van der Waals surface area contributed by atoms with Crippen LogP contribution in [0.3, 0.4) is 0 Å². The second-order valence-electron chi connectivity index (χ2n) is 6.65. The van der Waals surface area contributed by atoms with Crippen LogP contribution in [-0.4, -0.2) is 16.8 Å². The lowest BCUT2D eigenvalue weighted by atomic mass is 9.72. The zero-order chi connectivity index (χ0) is 18.2. The summed E-state index contributed by atoms with van der Waals surface area (Å²) in [4.78, 5) is 18.0. The lowest BCUT2D eigenvalue weighted by Gasteiger charge is -2.44. The van der Waals surface area contributed by atoms with Gasteiger partial charge in [-0.1, -0.05) is 74.1 Å². The largest absolute Gasteiger partial charge is 0.482 e. The first-order chi connectivity index (χ1) is 12.6. The molecule has 0 fully saturated rings. The maximum atomic E-state index is 13.1. The number of carbonyl (C=O) groups is 1. The number of hydrogen-bond donors (Lipinski definition) is 1. The van der Waals surface area contributed by atoms with E-state index in [1.54, 1.807) is 11.8 Å². The Hall–Kier alpha value is -2.27. The van der Waals surface area contributed by atoms with E-state index in [2.05, 4.69) is 31.3 Å². The molecule has 0 aromatic heterocycles. The second-order valence-corrected chi connectivity index (χ2v) is 7.91. The number of benzene rings is 2. The quantitative estimate of drug-likeness (QED) is 0.885. The van der Waals surface area contributed by atoms with Crippen molar-refractivity contribution in [1.29, 1.82) is 0 Å². The Morgan fingerprint density at radius 3 is 2.58 bits per heavy atom. The van der Waals surface area contributed by atoms with Gasteiger partial charge in [0, 0.05) is 12.0 Å². The smallest absolute Gasteiger partial charge is 0.258 e. The number of thioether (sulfide) groups is 1. The molecule has 1 amide bonds. The van der Waals surface area contributed by atoms with Crippen LogP contribution in [0.1, 0.15) is 37.8 Å². The van der Waals surface area contributed by atoms with Crippen LogP contribution in [0, 0.1) is 0 Å². The summed E-state index contributed by atoms with van der Waals surface area (Å²) >= 11 is 1.57. The van der Waals surface area contributed by atoms with E-state index in [-0.39, 0.29) is 5.91 Å². The number of aliphatic imine (C=N–C) groups is 1. The Bertz CT molecular complexity index is 867. The normalized spacial score (nSPS) is 26.8. The number of nitrogens with zero attached hydrogens (tertiary/aromatic N) is 1. The van der Waals surface area contributed by atoms with Crippen molar-refractivity contribution in [3.05, 3.63) is 65.7 Å². The van der Waals surface area contributed by atoms with Crippen molar-refractivity contribution < 1.29 is 9.53 Å². The molecule has 134 valence electrons. The number of ether oxygens (including phenoxy) is 1. The first kappa shape index (κ1) is 17.2. The number of para-hydroxylation sites is 1. The van der Waals surface area contributed by atoms with Gasteiger partial charge in [0.25, 0.3) is 5.91 Å². The number of nitrogens with one attached hydrogen (secondary N) is 1. The first-order valence-corrected chi connectivity index (χ1v) is 10.0. The molecule has 4 nitrogen and oxygen atoms in total. The molecular weight excluding hydrogens is 344 g/mol. The van der Waals surface area contributed by atoms with Crippen LogP contribution in [-0.2, 0) is 15.9 Å². The Balaban J connectivity index is 1.91. The minimum Gasteiger partial charge on any atom is -0.482 e. The highest BCUT2D eigenvalue weighted by atomic mass is 32.2. The molecule has 5 heteroatoms. The number of carbonyl (C=O) groups excluding carboxylic acids is 1. The number of amides is 1. The fourth-order valence-electron chi connectivity index (χ4n) is 3.92. The summed E-state index contributed by atoms with van der Waals surface area (Å²) in [7, 11) is 0. The number of fused-ring (bicyclic) bond motifs is 2. The summed E-state index contributed by atoms with van der Waals surface area (Å²) in [6, 6.07) is 18.0. The molecule has 0 aliphatic carbocycles. The van der Waals surface area contributed by atoms with Gasteiger partial charge in [-0.05, 0) is 23.8 Å². The van der Waals surface area contributed by atoms with E-state index < -0.39 is 11.1 Å². The van der Waals surface area contributed by atoms with Gasteiger partial charge in [0.2, 0.25) is 0 Å². The third kappa shape index (κ3) is 2.53. The monoisotopic (exact) mass is 366 g/mol. The van der Waals surface area contributed by atoms with E-state index in [9.17, 15) is 4.79 Å². The van der Waals surface area contributed by atoms with Gasteiger partial charge in [-0.2, -0.15) is 0 Å². The molecule has 2 aromatic rings. The van der Waals surface area contributed by atoms with E-state index in [1.807, 2.05) is 42.5 Å². The van der Waals surface area contributed by atoms with Crippen LogP contribution in [0.15, 0.2) is 59.6 Å². The van der Waals surface area contributed by atoms with Crippen LogP contribution < -0.4 is 10.1 Å². The molecule has 0 bridgehead atoms. The second kappa shape index (κ2) is 6.47. The molecule has 2 aliphatic heterocycles. The van der Waals surface area contributed by atoms with E-state index in [0.717, 1.165) is 29.1 Å². The molecule has 2 atom stereocenters. The van der Waals surface area contributed by atoms with Crippen molar-refractivity contribution in [2.75, 3.05) is 5.75 Å². The lowest BCUT2D eigenvalue weighted by molar-refractivity contribution is -0.128. The van der Waals surface area contributed by atoms with Crippen molar-refractivity contribution in [3.8, 4) is 5.75 Å². The lowest BCUT2D eigenvalue weighted by Crippen LogP contribution is -2.49. The van der Waals surface area contributed by atoms with E-state index >= 15 is 0 Å². The van der Waals surface area contributed by atoms with Crippen LogP contribution in [0.4, 0.5) is 0 Å². The molecule has 0 saturated heterocycles. The van der Waals surface area contributed by atoms with Gasteiger partial charge in [0.05, 0.1) is 0 Å². The molecule has 0 radical (unpaired) electrons. The fraction of sp³-hybridized carbons (Fsp3) is 0.333. The topological polar surface area (TPSA) is 50.7 Å². The van der Waals surface area contributed by atoms with Crippen LogP contribution in [0.5, 0.6) is 5.75 Å². The third-order valence-corrected chi connectivity index (χ3v) is 5.98. The van der Waals surface area contributed by atoms with Crippen LogP contribution in [0.25, 0.3) is 0 Å². The summed E-state index contributed by atoms with van der Waals surface area (Å²) in [5.41, 5.74) is 0.418. The third-order valence-electron chi connectivity index (χ3n) is 5.22. The average Bonchev–Trinajstić information content (AvgIpc) is 2.98. The number of rotatable bonds is 3. The fourth-order valence-corrected chi connectivity index (χ4v) is 4.58. The standard InChI is InChI=1S/C21H22N2O2S/c1-3-20(15-10-6-5-7-11-15)14-21(16-12-8-9-13-17(16)25-20)18(24)22-19(23-21)26-4-2/h5-13H,3-4,14H2,1-2H3,(H,22,23,24).